The maximum atomic E-state index is 5.99. The van der Waals surface area contributed by atoms with Crippen LogP contribution in [0.15, 0.2) is 22.7 Å². The second-order valence-electron chi connectivity index (χ2n) is 4.78. The Morgan fingerprint density at radius 2 is 2.16 bits per heavy atom. The van der Waals surface area contributed by atoms with Gasteiger partial charge in [0.2, 0.25) is 11.7 Å². The first-order valence-corrected chi connectivity index (χ1v) is 6.93. The molecule has 6 heteroatoms. The smallest absolute Gasteiger partial charge is 0.244 e. The van der Waals surface area contributed by atoms with Gasteiger partial charge in [-0.05, 0) is 37.1 Å². The lowest BCUT2D eigenvalue weighted by atomic mass is 10.0. The molecule has 1 aliphatic rings. The van der Waals surface area contributed by atoms with Crippen LogP contribution in [0.1, 0.15) is 25.3 Å². The van der Waals surface area contributed by atoms with E-state index in [0.29, 0.717) is 27.7 Å². The molecule has 2 aromatic rings. The first kappa shape index (κ1) is 12.9. The lowest BCUT2D eigenvalue weighted by molar-refractivity contribution is 0.319. The minimum Gasteiger partial charge on any atom is -0.337 e. The third-order valence-corrected chi connectivity index (χ3v) is 4.16. The summed E-state index contributed by atoms with van der Waals surface area (Å²) in [6, 6.07) is 5.44. The third-order valence-electron chi connectivity index (χ3n) is 3.42. The van der Waals surface area contributed by atoms with Crippen LogP contribution >= 0.6 is 23.2 Å². The molecule has 1 aromatic carbocycles. The van der Waals surface area contributed by atoms with Crippen molar-refractivity contribution in [2.75, 3.05) is 6.54 Å². The molecule has 0 saturated carbocycles. The number of hydrogen-bond donors (Lipinski definition) is 1. The van der Waals surface area contributed by atoms with Crippen LogP contribution in [-0.4, -0.2) is 16.7 Å². The van der Waals surface area contributed by atoms with Crippen LogP contribution in [0.5, 0.6) is 0 Å². The number of rotatable bonds is 2. The molecule has 3 rings (SSSR count). The molecule has 0 spiro atoms. The molecule has 2 atom stereocenters. The lowest BCUT2D eigenvalue weighted by Crippen LogP contribution is -2.16. The van der Waals surface area contributed by atoms with Crippen molar-refractivity contribution >= 4 is 23.2 Å². The average Bonchev–Trinajstić information content (AvgIpc) is 3.01. The fraction of sp³-hybridized carbons (Fsp3) is 0.385. The summed E-state index contributed by atoms with van der Waals surface area (Å²) in [5.41, 5.74) is 0.801. The first-order chi connectivity index (χ1) is 9.15. The molecule has 2 heterocycles. The van der Waals surface area contributed by atoms with E-state index in [9.17, 15) is 0 Å². The molecule has 1 N–H and O–H groups in total. The van der Waals surface area contributed by atoms with Crippen LogP contribution in [0.25, 0.3) is 11.4 Å². The van der Waals surface area contributed by atoms with Gasteiger partial charge < -0.3 is 9.84 Å². The molecule has 0 aliphatic carbocycles. The Bertz CT molecular complexity index is 599. The summed E-state index contributed by atoms with van der Waals surface area (Å²) < 4.78 is 5.34. The van der Waals surface area contributed by atoms with Gasteiger partial charge in [0, 0.05) is 5.56 Å². The van der Waals surface area contributed by atoms with Crippen molar-refractivity contribution in [3.05, 3.63) is 34.1 Å². The predicted octanol–water partition coefficient (Wildman–Crippen LogP) is 3.71. The van der Waals surface area contributed by atoms with Crippen LogP contribution in [0.4, 0.5) is 0 Å². The molecule has 100 valence electrons. The molecule has 0 radical (unpaired) electrons. The Morgan fingerprint density at radius 1 is 1.32 bits per heavy atom. The van der Waals surface area contributed by atoms with E-state index in [2.05, 4.69) is 22.4 Å². The standard InChI is InChI=1S/C13H13Cl2N3O/c1-7-4-5-16-11(7)13-17-12(18-19-13)8-2-3-9(14)10(15)6-8/h2-3,6-7,11,16H,4-5H2,1H3. The normalized spacial score (nSPS) is 22.9. The molecule has 1 aromatic heterocycles. The van der Waals surface area contributed by atoms with E-state index < -0.39 is 0 Å². The molecule has 0 amide bonds. The fourth-order valence-electron chi connectivity index (χ4n) is 2.28. The van der Waals surface area contributed by atoms with Crippen LogP contribution in [0, 0.1) is 5.92 Å². The minimum absolute atomic E-state index is 0.143. The van der Waals surface area contributed by atoms with Crippen molar-refractivity contribution in [3.63, 3.8) is 0 Å². The van der Waals surface area contributed by atoms with Gasteiger partial charge in [-0.2, -0.15) is 4.98 Å². The Hall–Kier alpha value is -1.10. The number of nitrogens with one attached hydrogen (secondary N) is 1. The van der Waals surface area contributed by atoms with Crippen molar-refractivity contribution in [2.45, 2.75) is 19.4 Å². The summed E-state index contributed by atoms with van der Waals surface area (Å²) in [6.45, 7) is 3.16. The first-order valence-electron chi connectivity index (χ1n) is 6.17. The maximum Gasteiger partial charge on any atom is 0.244 e. The molecule has 4 nitrogen and oxygen atoms in total. The maximum absolute atomic E-state index is 5.99. The summed E-state index contributed by atoms with van der Waals surface area (Å²) in [4.78, 5) is 4.44. The molecule has 19 heavy (non-hydrogen) atoms. The molecular formula is C13H13Cl2N3O. The van der Waals surface area contributed by atoms with Crippen LogP contribution in [0.3, 0.4) is 0 Å². The Morgan fingerprint density at radius 3 is 2.84 bits per heavy atom. The Labute approximate surface area is 121 Å². The van der Waals surface area contributed by atoms with Gasteiger partial charge in [-0.25, -0.2) is 0 Å². The SMILES string of the molecule is CC1CCNC1c1nc(-c2ccc(Cl)c(Cl)c2)no1. The van der Waals surface area contributed by atoms with Gasteiger partial charge in [0.05, 0.1) is 16.1 Å². The van der Waals surface area contributed by atoms with Gasteiger partial charge in [-0.1, -0.05) is 35.3 Å². The molecule has 1 aliphatic heterocycles. The zero-order valence-electron chi connectivity index (χ0n) is 10.4. The van der Waals surface area contributed by atoms with E-state index in [-0.39, 0.29) is 6.04 Å². The van der Waals surface area contributed by atoms with E-state index in [1.807, 2.05) is 6.07 Å². The van der Waals surface area contributed by atoms with Gasteiger partial charge in [0.15, 0.2) is 0 Å². The quantitative estimate of drug-likeness (QED) is 0.918. The highest BCUT2D eigenvalue weighted by Crippen LogP contribution is 2.31. The van der Waals surface area contributed by atoms with Crippen molar-refractivity contribution in [1.82, 2.24) is 15.5 Å². The fourth-order valence-corrected chi connectivity index (χ4v) is 2.58. The largest absolute Gasteiger partial charge is 0.337 e. The van der Waals surface area contributed by atoms with Crippen LogP contribution < -0.4 is 5.32 Å². The zero-order valence-corrected chi connectivity index (χ0v) is 11.9. The molecule has 1 fully saturated rings. The Kier molecular flexibility index (Phi) is 3.48. The van der Waals surface area contributed by atoms with Gasteiger partial charge >= 0.3 is 0 Å². The van der Waals surface area contributed by atoms with Gasteiger partial charge in [0.25, 0.3) is 0 Å². The van der Waals surface area contributed by atoms with Crippen LogP contribution in [-0.2, 0) is 0 Å². The highest BCUT2D eigenvalue weighted by atomic mass is 35.5. The monoisotopic (exact) mass is 297 g/mol. The number of nitrogens with zero attached hydrogens (tertiary/aromatic N) is 2. The van der Waals surface area contributed by atoms with E-state index >= 15 is 0 Å². The number of hydrogen-bond acceptors (Lipinski definition) is 4. The summed E-state index contributed by atoms with van der Waals surface area (Å²) in [6.07, 6.45) is 1.12. The number of halogens is 2. The second kappa shape index (κ2) is 5.12. The van der Waals surface area contributed by atoms with Crippen LogP contribution in [0.2, 0.25) is 10.0 Å². The van der Waals surface area contributed by atoms with E-state index in [0.717, 1.165) is 18.5 Å². The van der Waals surface area contributed by atoms with E-state index in [1.165, 1.54) is 0 Å². The molecular weight excluding hydrogens is 285 g/mol. The summed E-state index contributed by atoms with van der Waals surface area (Å²) in [5.74, 6) is 1.67. The van der Waals surface area contributed by atoms with Crippen molar-refractivity contribution in [2.24, 2.45) is 5.92 Å². The number of aromatic nitrogens is 2. The van der Waals surface area contributed by atoms with Gasteiger partial charge in [-0.3, -0.25) is 0 Å². The molecule has 2 unspecified atom stereocenters. The third kappa shape index (κ3) is 2.48. The lowest BCUT2D eigenvalue weighted by Gasteiger charge is -2.09. The Balaban J connectivity index is 1.90. The summed E-state index contributed by atoms with van der Waals surface area (Å²) in [7, 11) is 0. The van der Waals surface area contributed by atoms with Crippen molar-refractivity contribution in [3.8, 4) is 11.4 Å². The van der Waals surface area contributed by atoms with E-state index in [1.54, 1.807) is 12.1 Å². The van der Waals surface area contributed by atoms with Gasteiger partial charge in [-0.15, -0.1) is 0 Å². The predicted molar refractivity (Wildman–Crippen MR) is 74.3 cm³/mol. The molecule has 1 saturated heterocycles. The van der Waals surface area contributed by atoms with Gasteiger partial charge in [0.1, 0.15) is 0 Å². The number of benzene rings is 1. The molecule has 0 bridgehead atoms. The average molecular weight is 298 g/mol. The summed E-state index contributed by atoms with van der Waals surface area (Å²) in [5, 5.41) is 8.37. The van der Waals surface area contributed by atoms with Crippen molar-refractivity contribution in [1.29, 1.82) is 0 Å². The summed E-state index contributed by atoms with van der Waals surface area (Å²) >= 11 is 11.9. The highest BCUT2D eigenvalue weighted by Gasteiger charge is 2.29. The van der Waals surface area contributed by atoms with E-state index in [4.69, 9.17) is 27.7 Å². The second-order valence-corrected chi connectivity index (χ2v) is 5.60. The van der Waals surface area contributed by atoms with Crippen molar-refractivity contribution < 1.29 is 4.52 Å². The zero-order chi connectivity index (χ0) is 13.4. The topological polar surface area (TPSA) is 51.0 Å². The highest BCUT2D eigenvalue weighted by molar-refractivity contribution is 6.42. The minimum atomic E-state index is 0.143.